The van der Waals surface area contributed by atoms with Gasteiger partial charge in [0.1, 0.15) is 0 Å². The molecule has 0 aromatic heterocycles. The summed E-state index contributed by atoms with van der Waals surface area (Å²) in [5.74, 6) is 0.595. The Balaban J connectivity index is 1.51. The second-order valence-electron chi connectivity index (χ2n) is 5.19. The Morgan fingerprint density at radius 1 is 1.25 bits per heavy atom. The minimum atomic E-state index is -0.131. The smallest absolute Gasteiger partial charge is 0.0576 e. The summed E-state index contributed by atoms with van der Waals surface area (Å²) in [5, 5.41) is 9.89. The average molecular weight is 228 g/mol. The molecule has 0 spiro atoms. The minimum absolute atomic E-state index is 0.131. The summed E-state index contributed by atoms with van der Waals surface area (Å²) >= 11 is 0. The second-order valence-corrected chi connectivity index (χ2v) is 5.19. The van der Waals surface area contributed by atoms with Crippen LogP contribution in [0, 0.1) is 5.92 Å². The van der Waals surface area contributed by atoms with Gasteiger partial charge in [-0.25, -0.2) is 0 Å². The van der Waals surface area contributed by atoms with Crippen LogP contribution in [0.4, 0.5) is 0 Å². The molecule has 2 fully saturated rings. The molecular formula is C13H24O3. The van der Waals surface area contributed by atoms with E-state index in [1.165, 1.54) is 12.8 Å². The number of ether oxygens (including phenoxy) is 2. The van der Waals surface area contributed by atoms with Gasteiger partial charge in [-0.05, 0) is 50.9 Å². The molecule has 3 heteroatoms. The Morgan fingerprint density at radius 2 is 2.19 bits per heavy atom. The number of hydrogen-bond donors (Lipinski definition) is 1. The molecule has 2 aliphatic heterocycles. The molecule has 2 rings (SSSR count). The van der Waals surface area contributed by atoms with Crippen molar-refractivity contribution in [3.8, 4) is 0 Å². The minimum Gasteiger partial charge on any atom is -0.393 e. The summed E-state index contributed by atoms with van der Waals surface area (Å²) in [5.41, 5.74) is 0. The maximum absolute atomic E-state index is 9.89. The van der Waals surface area contributed by atoms with Crippen LogP contribution in [0.1, 0.15) is 44.9 Å². The predicted octanol–water partition coefficient (Wildman–Crippen LogP) is 2.12. The molecule has 16 heavy (non-hydrogen) atoms. The molecule has 0 aliphatic carbocycles. The Bertz CT molecular complexity index is 184. The topological polar surface area (TPSA) is 38.7 Å². The highest BCUT2D eigenvalue weighted by Crippen LogP contribution is 2.22. The molecular weight excluding hydrogens is 204 g/mol. The van der Waals surface area contributed by atoms with Crippen molar-refractivity contribution in [3.05, 3.63) is 0 Å². The number of hydrogen-bond acceptors (Lipinski definition) is 3. The molecule has 0 saturated carbocycles. The first kappa shape index (κ1) is 12.3. The van der Waals surface area contributed by atoms with E-state index in [1.54, 1.807) is 0 Å². The quantitative estimate of drug-likeness (QED) is 0.757. The van der Waals surface area contributed by atoms with Crippen molar-refractivity contribution in [2.75, 3.05) is 19.8 Å². The van der Waals surface area contributed by atoms with E-state index >= 15 is 0 Å². The summed E-state index contributed by atoms with van der Waals surface area (Å²) < 4.78 is 10.9. The molecule has 0 aromatic carbocycles. The van der Waals surface area contributed by atoms with E-state index in [1.807, 2.05) is 0 Å². The van der Waals surface area contributed by atoms with Gasteiger partial charge >= 0.3 is 0 Å². The van der Waals surface area contributed by atoms with Crippen molar-refractivity contribution < 1.29 is 14.6 Å². The van der Waals surface area contributed by atoms with E-state index < -0.39 is 0 Å². The van der Waals surface area contributed by atoms with Crippen molar-refractivity contribution in [1.82, 2.24) is 0 Å². The predicted molar refractivity (Wildman–Crippen MR) is 62.4 cm³/mol. The normalized spacial score (nSPS) is 32.1. The van der Waals surface area contributed by atoms with Crippen LogP contribution in [-0.4, -0.2) is 37.1 Å². The Hall–Kier alpha value is -0.120. The largest absolute Gasteiger partial charge is 0.393 e. The Kier molecular flexibility index (Phi) is 5.07. The van der Waals surface area contributed by atoms with Crippen molar-refractivity contribution in [2.24, 2.45) is 5.92 Å². The Labute approximate surface area is 98.1 Å². The summed E-state index contributed by atoms with van der Waals surface area (Å²) in [4.78, 5) is 0. The first-order valence-electron chi connectivity index (χ1n) is 6.72. The zero-order valence-electron chi connectivity index (χ0n) is 10.1. The molecule has 0 aromatic rings. The highest BCUT2D eigenvalue weighted by Gasteiger charge is 2.20. The Morgan fingerprint density at radius 3 is 2.88 bits per heavy atom. The van der Waals surface area contributed by atoms with Gasteiger partial charge in [0.25, 0.3) is 0 Å². The van der Waals surface area contributed by atoms with Gasteiger partial charge in [-0.2, -0.15) is 0 Å². The highest BCUT2D eigenvalue weighted by molar-refractivity contribution is 4.70. The van der Waals surface area contributed by atoms with Crippen molar-refractivity contribution in [1.29, 1.82) is 0 Å². The van der Waals surface area contributed by atoms with Crippen LogP contribution in [0.2, 0.25) is 0 Å². The van der Waals surface area contributed by atoms with Crippen LogP contribution >= 0.6 is 0 Å². The van der Waals surface area contributed by atoms with Crippen LogP contribution in [0.3, 0.4) is 0 Å². The lowest BCUT2D eigenvalue weighted by Crippen LogP contribution is -2.15. The zero-order chi connectivity index (χ0) is 11.2. The fraction of sp³-hybridized carbons (Fsp3) is 1.00. The van der Waals surface area contributed by atoms with Gasteiger partial charge < -0.3 is 14.6 Å². The van der Waals surface area contributed by atoms with E-state index in [-0.39, 0.29) is 6.10 Å². The van der Waals surface area contributed by atoms with Gasteiger partial charge in [0.05, 0.1) is 12.2 Å². The molecule has 3 unspecified atom stereocenters. The number of aliphatic hydroxyl groups is 1. The third-order valence-electron chi connectivity index (χ3n) is 3.72. The molecule has 0 bridgehead atoms. The standard InChI is InChI=1S/C13H24O3/c14-12(9-11-6-8-15-10-11)3-1-4-13-5-2-7-16-13/h11-14H,1-10H2. The van der Waals surface area contributed by atoms with Gasteiger partial charge in [-0.15, -0.1) is 0 Å². The summed E-state index contributed by atoms with van der Waals surface area (Å²) in [6.45, 7) is 2.67. The molecule has 2 heterocycles. The monoisotopic (exact) mass is 228 g/mol. The lowest BCUT2D eigenvalue weighted by atomic mass is 9.97. The van der Waals surface area contributed by atoms with Crippen molar-refractivity contribution in [3.63, 3.8) is 0 Å². The first-order valence-corrected chi connectivity index (χ1v) is 6.72. The summed E-state index contributed by atoms with van der Waals surface area (Å²) in [6.07, 6.45) is 7.97. The number of aliphatic hydroxyl groups excluding tert-OH is 1. The van der Waals surface area contributed by atoms with Crippen LogP contribution in [-0.2, 0) is 9.47 Å². The van der Waals surface area contributed by atoms with Crippen LogP contribution < -0.4 is 0 Å². The highest BCUT2D eigenvalue weighted by atomic mass is 16.5. The van der Waals surface area contributed by atoms with E-state index in [0.29, 0.717) is 12.0 Å². The van der Waals surface area contributed by atoms with E-state index in [4.69, 9.17) is 9.47 Å². The maximum Gasteiger partial charge on any atom is 0.0576 e. The fourth-order valence-electron chi connectivity index (χ4n) is 2.73. The third kappa shape index (κ3) is 4.04. The number of rotatable bonds is 6. The molecule has 0 amide bonds. The molecule has 3 atom stereocenters. The fourth-order valence-corrected chi connectivity index (χ4v) is 2.73. The average Bonchev–Trinajstić information content (AvgIpc) is 2.90. The molecule has 3 nitrogen and oxygen atoms in total. The SMILES string of the molecule is OC(CCCC1CCCO1)CC1CCOC1. The third-order valence-corrected chi connectivity index (χ3v) is 3.72. The van der Waals surface area contributed by atoms with Gasteiger partial charge in [0, 0.05) is 19.8 Å². The molecule has 1 N–H and O–H groups in total. The first-order chi connectivity index (χ1) is 7.84. The maximum atomic E-state index is 9.89. The van der Waals surface area contributed by atoms with E-state index in [9.17, 15) is 5.11 Å². The van der Waals surface area contributed by atoms with Crippen molar-refractivity contribution >= 4 is 0 Å². The van der Waals surface area contributed by atoms with E-state index in [0.717, 1.165) is 51.9 Å². The van der Waals surface area contributed by atoms with Gasteiger partial charge in [0.2, 0.25) is 0 Å². The summed E-state index contributed by atoms with van der Waals surface area (Å²) in [7, 11) is 0. The lowest BCUT2D eigenvalue weighted by Gasteiger charge is -2.15. The van der Waals surface area contributed by atoms with Crippen LogP contribution in [0.25, 0.3) is 0 Å². The second kappa shape index (κ2) is 6.58. The van der Waals surface area contributed by atoms with Gasteiger partial charge in [-0.3, -0.25) is 0 Å². The molecule has 94 valence electrons. The zero-order valence-corrected chi connectivity index (χ0v) is 10.1. The lowest BCUT2D eigenvalue weighted by molar-refractivity contribution is 0.0882. The van der Waals surface area contributed by atoms with Crippen LogP contribution in [0.5, 0.6) is 0 Å². The summed E-state index contributed by atoms with van der Waals surface area (Å²) in [6, 6.07) is 0. The van der Waals surface area contributed by atoms with Gasteiger partial charge in [0.15, 0.2) is 0 Å². The molecule has 2 saturated heterocycles. The van der Waals surface area contributed by atoms with Crippen molar-refractivity contribution in [2.45, 2.75) is 57.2 Å². The van der Waals surface area contributed by atoms with Gasteiger partial charge in [-0.1, -0.05) is 0 Å². The van der Waals surface area contributed by atoms with E-state index in [2.05, 4.69) is 0 Å². The van der Waals surface area contributed by atoms with Crippen LogP contribution in [0.15, 0.2) is 0 Å². The molecule has 0 radical (unpaired) electrons. The molecule has 2 aliphatic rings.